The third-order valence-corrected chi connectivity index (χ3v) is 15.3. The van der Waals surface area contributed by atoms with Crippen molar-refractivity contribution in [3.63, 3.8) is 0 Å². The zero-order valence-electron chi connectivity index (χ0n) is 46.1. The highest BCUT2D eigenvalue weighted by molar-refractivity contribution is 5.98. The van der Waals surface area contributed by atoms with Gasteiger partial charge in [0, 0.05) is 62.5 Å². The quantitative estimate of drug-likeness (QED) is 0.0537. The van der Waals surface area contributed by atoms with E-state index in [4.69, 9.17) is 0 Å². The maximum Gasteiger partial charge on any atom is 0.246 e. The van der Waals surface area contributed by atoms with Gasteiger partial charge in [-0.1, -0.05) is 128 Å². The first-order valence-electron chi connectivity index (χ1n) is 27.4. The van der Waals surface area contributed by atoms with Gasteiger partial charge in [-0.25, -0.2) is 0 Å². The number of hydrogen-bond donors (Lipinski definition) is 4. The number of anilines is 2. The molecule has 4 N–H and O–H groups in total. The van der Waals surface area contributed by atoms with E-state index in [9.17, 15) is 28.8 Å². The number of amides is 6. The standard InChI is InChI=1S/C60H86N8O6/c1-41(61-9)55(71)63-53(59(3,4)5)57(73)65-35-21-27-49(65)39-67(47-33-31-43-23-17-19-25-45(43)37-47)51(69)29-15-13-11-12-14-16-30-52(70)68(48-34-32-44-24-18-20-26-46(44)38-48)40-50-28-22-36-66(50)58(74)54(60(6,7)8)64-56(72)42(2)62-10/h17-20,23-26,31-34,37-38,41-42,49-50,53-54,61-62H,11-16,21-22,27-30,35-36,39-40H2,1-10H3,(H,63,71)(H,64,72)/t41-,42-,49-,50-,53+,54+/m0/s1. The van der Waals surface area contributed by atoms with Crippen LogP contribution in [0.2, 0.25) is 0 Å². The van der Waals surface area contributed by atoms with Gasteiger partial charge >= 0.3 is 0 Å². The average molecular weight is 1020 g/mol. The normalized spacial score (nSPS) is 17.7. The number of hydrogen-bond acceptors (Lipinski definition) is 8. The molecule has 0 bridgehead atoms. The Morgan fingerprint density at radius 3 is 1.23 bits per heavy atom. The summed E-state index contributed by atoms with van der Waals surface area (Å²) in [5.74, 6) is -0.654. The van der Waals surface area contributed by atoms with Gasteiger partial charge in [-0.2, -0.15) is 0 Å². The minimum Gasteiger partial charge on any atom is -0.342 e. The van der Waals surface area contributed by atoms with E-state index < -0.39 is 35.0 Å². The Kier molecular flexibility index (Phi) is 20.2. The van der Waals surface area contributed by atoms with E-state index in [-0.39, 0.29) is 47.5 Å². The highest BCUT2D eigenvalue weighted by Gasteiger charge is 2.43. The second-order valence-electron chi connectivity index (χ2n) is 23.0. The van der Waals surface area contributed by atoms with Crippen LogP contribution >= 0.6 is 0 Å². The number of nitrogens with one attached hydrogen (secondary N) is 4. The molecule has 6 amide bonds. The Labute approximate surface area is 441 Å². The lowest BCUT2D eigenvalue weighted by Crippen LogP contribution is -2.59. The Bertz CT molecular complexity index is 2390. The predicted octanol–water partition coefficient (Wildman–Crippen LogP) is 8.74. The first kappa shape index (κ1) is 57.4. The molecule has 2 heterocycles. The lowest BCUT2D eigenvalue weighted by atomic mass is 9.85. The molecular weight excluding hydrogens is 929 g/mol. The fourth-order valence-corrected chi connectivity index (χ4v) is 10.4. The van der Waals surface area contributed by atoms with Gasteiger partial charge < -0.3 is 40.9 Å². The van der Waals surface area contributed by atoms with Gasteiger partial charge in [-0.05, 0) is 123 Å². The maximum atomic E-state index is 14.4. The minimum absolute atomic E-state index is 0.0204. The molecule has 14 heteroatoms. The fraction of sp³-hybridized carbons (Fsp3) is 0.567. The van der Waals surface area contributed by atoms with Crippen LogP contribution in [0.5, 0.6) is 0 Å². The third kappa shape index (κ3) is 14.9. The molecule has 402 valence electrons. The SMILES string of the molecule is CN[C@@H](C)C(=O)N[C@H](C(=O)N1CCC[C@H]1CN(C(=O)CCCCCCCCC(=O)N(C[C@@H]1CCCN1C(=O)[C@@H](NC(=O)[C@H](C)NC)C(C)(C)C)c1ccc2ccccc2c1)c1ccc2ccccc2c1)C(C)(C)C. The summed E-state index contributed by atoms with van der Waals surface area (Å²) >= 11 is 0. The van der Waals surface area contributed by atoms with E-state index in [2.05, 4.69) is 57.7 Å². The molecule has 6 rings (SSSR count). The van der Waals surface area contributed by atoms with Crippen LogP contribution in [0, 0.1) is 10.8 Å². The molecule has 2 fully saturated rings. The van der Waals surface area contributed by atoms with Crippen LogP contribution in [0.15, 0.2) is 84.9 Å². The average Bonchev–Trinajstić information content (AvgIpc) is 4.06. The van der Waals surface area contributed by atoms with Crippen molar-refractivity contribution in [2.75, 3.05) is 50.1 Å². The van der Waals surface area contributed by atoms with Gasteiger partial charge in [0.15, 0.2) is 0 Å². The van der Waals surface area contributed by atoms with Crippen LogP contribution in [-0.4, -0.2) is 122 Å². The number of benzene rings is 4. The number of likely N-dealkylation sites (tertiary alicyclic amines) is 2. The molecule has 0 radical (unpaired) electrons. The summed E-state index contributed by atoms with van der Waals surface area (Å²) in [6.07, 6.45) is 8.94. The molecule has 14 nitrogen and oxygen atoms in total. The van der Waals surface area contributed by atoms with Gasteiger partial charge in [0.1, 0.15) is 12.1 Å². The van der Waals surface area contributed by atoms with Crippen molar-refractivity contribution in [2.24, 2.45) is 10.8 Å². The molecule has 0 aliphatic carbocycles. The lowest BCUT2D eigenvalue weighted by Gasteiger charge is -2.37. The van der Waals surface area contributed by atoms with Crippen molar-refractivity contribution in [2.45, 2.75) is 169 Å². The Morgan fingerprint density at radius 2 is 0.878 bits per heavy atom. The molecule has 2 aliphatic heterocycles. The highest BCUT2D eigenvalue weighted by atomic mass is 16.2. The Hall–Kier alpha value is -5.86. The number of unbranched alkanes of at least 4 members (excludes halogenated alkanes) is 5. The third-order valence-electron chi connectivity index (χ3n) is 15.3. The smallest absolute Gasteiger partial charge is 0.246 e. The van der Waals surface area contributed by atoms with Crippen molar-refractivity contribution >= 4 is 68.4 Å². The van der Waals surface area contributed by atoms with Crippen LogP contribution in [-0.2, 0) is 28.8 Å². The van der Waals surface area contributed by atoms with Crippen molar-refractivity contribution in [3.05, 3.63) is 84.9 Å². The van der Waals surface area contributed by atoms with Crippen LogP contribution in [0.1, 0.15) is 132 Å². The molecule has 74 heavy (non-hydrogen) atoms. The molecule has 6 atom stereocenters. The minimum atomic E-state index is -0.722. The summed E-state index contributed by atoms with van der Waals surface area (Å²) in [6, 6.07) is 25.7. The zero-order chi connectivity index (χ0) is 53.7. The number of likely N-dealkylation sites (N-methyl/N-ethyl adjacent to an activating group) is 2. The first-order valence-corrected chi connectivity index (χ1v) is 27.4. The highest BCUT2D eigenvalue weighted by Crippen LogP contribution is 2.32. The van der Waals surface area contributed by atoms with Crippen LogP contribution in [0.25, 0.3) is 21.5 Å². The molecule has 0 aromatic heterocycles. The second-order valence-corrected chi connectivity index (χ2v) is 23.0. The van der Waals surface area contributed by atoms with Gasteiger partial charge in [0.2, 0.25) is 35.4 Å². The summed E-state index contributed by atoms with van der Waals surface area (Å²) in [6.45, 7) is 17.2. The van der Waals surface area contributed by atoms with Crippen molar-refractivity contribution in [3.8, 4) is 0 Å². The molecule has 2 aliphatic rings. The molecule has 0 unspecified atom stereocenters. The monoisotopic (exact) mass is 1010 g/mol. The number of nitrogens with zero attached hydrogens (tertiary/aromatic N) is 4. The van der Waals surface area contributed by atoms with Gasteiger partial charge in [-0.3, -0.25) is 28.8 Å². The number of carbonyl (C=O) groups is 6. The molecule has 4 aromatic carbocycles. The van der Waals surface area contributed by atoms with E-state index in [1.807, 2.05) is 110 Å². The Balaban J connectivity index is 1.06. The summed E-state index contributed by atoms with van der Waals surface area (Å²) in [4.78, 5) is 91.0. The van der Waals surface area contributed by atoms with Crippen LogP contribution in [0.4, 0.5) is 11.4 Å². The molecular formula is C60H86N8O6. The first-order chi connectivity index (χ1) is 35.2. The van der Waals surface area contributed by atoms with Crippen molar-refractivity contribution in [1.82, 2.24) is 31.1 Å². The number of rotatable bonds is 23. The van der Waals surface area contributed by atoms with E-state index in [1.165, 1.54) is 0 Å². The second kappa shape index (κ2) is 26.1. The summed E-state index contributed by atoms with van der Waals surface area (Å²) in [7, 11) is 3.44. The van der Waals surface area contributed by atoms with Crippen LogP contribution < -0.4 is 31.1 Å². The van der Waals surface area contributed by atoms with Gasteiger partial charge in [0.05, 0.1) is 12.1 Å². The topological polar surface area (TPSA) is 163 Å². The number of carbonyl (C=O) groups excluding carboxylic acids is 6. The molecule has 0 spiro atoms. The Morgan fingerprint density at radius 1 is 0.527 bits per heavy atom. The molecule has 0 saturated carbocycles. The zero-order valence-corrected chi connectivity index (χ0v) is 46.1. The van der Waals surface area contributed by atoms with Gasteiger partial charge in [0.25, 0.3) is 0 Å². The number of fused-ring (bicyclic) bond motifs is 2. The van der Waals surface area contributed by atoms with E-state index in [0.29, 0.717) is 39.0 Å². The molecule has 4 aromatic rings. The van der Waals surface area contributed by atoms with E-state index in [1.54, 1.807) is 27.9 Å². The summed E-state index contributed by atoms with van der Waals surface area (Å²) in [5, 5.41) is 16.2. The van der Waals surface area contributed by atoms with Crippen molar-refractivity contribution < 1.29 is 28.8 Å². The van der Waals surface area contributed by atoms with E-state index >= 15 is 0 Å². The maximum absolute atomic E-state index is 14.4. The fourth-order valence-electron chi connectivity index (χ4n) is 10.4. The summed E-state index contributed by atoms with van der Waals surface area (Å²) < 4.78 is 0. The van der Waals surface area contributed by atoms with Gasteiger partial charge in [-0.15, -0.1) is 0 Å². The van der Waals surface area contributed by atoms with Crippen LogP contribution in [0.3, 0.4) is 0 Å². The largest absolute Gasteiger partial charge is 0.342 e. The predicted molar refractivity (Wildman–Crippen MR) is 299 cm³/mol. The molecule has 2 saturated heterocycles. The summed E-state index contributed by atoms with van der Waals surface area (Å²) in [5.41, 5.74) is 0.562. The van der Waals surface area contributed by atoms with Crippen molar-refractivity contribution in [1.29, 1.82) is 0 Å². The van der Waals surface area contributed by atoms with E-state index in [0.717, 1.165) is 97.1 Å². The lowest BCUT2D eigenvalue weighted by molar-refractivity contribution is -0.140.